The van der Waals surface area contributed by atoms with Crippen molar-refractivity contribution in [3.05, 3.63) is 70.5 Å². The molecule has 0 aliphatic rings. The maximum Gasteiger partial charge on any atom is 0.420 e. The van der Waals surface area contributed by atoms with Crippen LogP contribution in [0.25, 0.3) is 22.6 Å². The summed E-state index contributed by atoms with van der Waals surface area (Å²) < 4.78 is 12.0. The number of nitrogens with zero attached hydrogens (tertiary/aromatic N) is 3. The molecule has 23 heavy (non-hydrogen) atoms. The Labute approximate surface area is 131 Å². The minimum atomic E-state index is -0.437. The third-order valence-electron chi connectivity index (χ3n) is 3.64. The van der Waals surface area contributed by atoms with Crippen LogP contribution in [0.15, 0.2) is 62.3 Å². The van der Waals surface area contributed by atoms with Crippen LogP contribution in [0.5, 0.6) is 0 Å². The fraction of sp³-hybridized carbons (Fsp3) is 0.118. The maximum absolute atomic E-state index is 12.0. The van der Waals surface area contributed by atoms with Crippen molar-refractivity contribution in [1.82, 2.24) is 14.7 Å². The van der Waals surface area contributed by atoms with Crippen LogP contribution in [0.1, 0.15) is 11.4 Å². The number of aromatic nitrogens is 3. The Kier molecular flexibility index (Phi) is 3.08. The SMILES string of the molecule is Cc1ccc(-c2nc(Cn3c(=O)oc4ccccc43)no2)cc1. The average Bonchev–Trinajstić information content (AvgIpc) is 3.14. The van der Waals surface area contributed by atoms with Gasteiger partial charge in [-0.1, -0.05) is 35.0 Å². The van der Waals surface area contributed by atoms with Gasteiger partial charge in [-0.05, 0) is 31.2 Å². The van der Waals surface area contributed by atoms with Crippen molar-refractivity contribution in [2.45, 2.75) is 13.5 Å². The Balaban J connectivity index is 1.68. The molecule has 0 unspecified atom stereocenters. The summed E-state index contributed by atoms with van der Waals surface area (Å²) in [5, 5.41) is 3.95. The van der Waals surface area contributed by atoms with Crippen LogP contribution in [0.4, 0.5) is 0 Å². The van der Waals surface area contributed by atoms with E-state index in [2.05, 4.69) is 10.1 Å². The Morgan fingerprint density at radius 2 is 1.87 bits per heavy atom. The summed E-state index contributed by atoms with van der Waals surface area (Å²) in [6, 6.07) is 15.0. The van der Waals surface area contributed by atoms with E-state index >= 15 is 0 Å². The molecule has 2 heterocycles. The van der Waals surface area contributed by atoms with Crippen LogP contribution in [-0.4, -0.2) is 14.7 Å². The molecular formula is C17H13N3O3. The summed E-state index contributed by atoms with van der Waals surface area (Å²) in [6.45, 7) is 2.21. The zero-order chi connectivity index (χ0) is 15.8. The van der Waals surface area contributed by atoms with Gasteiger partial charge in [-0.25, -0.2) is 4.79 Å². The van der Waals surface area contributed by atoms with Crippen LogP contribution >= 0.6 is 0 Å². The molecule has 0 N–H and O–H groups in total. The van der Waals surface area contributed by atoms with Gasteiger partial charge in [0, 0.05) is 5.56 Å². The van der Waals surface area contributed by atoms with E-state index in [9.17, 15) is 4.79 Å². The van der Waals surface area contributed by atoms with E-state index in [0.717, 1.165) is 11.1 Å². The number of fused-ring (bicyclic) bond motifs is 1. The predicted molar refractivity (Wildman–Crippen MR) is 84.0 cm³/mol. The zero-order valence-electron chi connectivity index (χ0n) is 12.4. The minimum Gasteiger partial charge on any atom is -0.408 e. The molecule has 4 aromatic rings. The minimum absolute atomic E-state index is 0.200. The summed E-state index contributed by atoms with van der Waals surface area (Å²) in [4.78, 5) is 16.3. The number of aryl methyl sites for hydroxylation is 1. The van der Waals surface area contributed by atoms with Gasteiger partial charge < -0.3 is 8.94 Å². The van der Waals surface area contributed by atoms with Gasteiger partial charge in [-0.2, -0.15) is 4.98 Å². The van der Waals surface area contributed by atoms with Crippen molar-refractivity contribution in [2.24, 2.45) is 0 Å². The quantitative estimate of drug-likeness (QED) is 0.581. The fourth-order valence-corrected chi connectivity index (χ4v) is 2.44. The Bertz CT molecular complexity index is 1030. The molecule has 0 radical (unpaired) electrons. The molecule has 0 amide bonds. The lowest BCUT2D eigenvalue weighted by atomic mass is 10.1. The third kappa shape index (κ3) is 2.44. The summed E-state index contributed by atoms with van der Waals surface area (Å²) in [6.07, 6.45) is 0. The van der Waals surface area contributed by atoms with Gasteiger partial charge >= 0.3 is 5.76 Å². The molecule has 0 bridgehead atoms. The first-order valence-corrected chi connectivity index (χ1v) is 7.19. The van der Waals surface area contributed by atoms with E-state index in [1.807, 2.05) is 49.4 Å². The van der Waals surface area contributed by atoms with Crippen molar-refractivity contribution in [3.63, 3.8) is 0 Å². The van der Waals surface area contributed by atoms with Crippen molar-refractivity contribution >= 4 is 11.1 Å². The van der Waals surface area contributed by atoms with E-state index in [-0.39, 0.29) is 6.54 Å². The molecule has 6 heteroatoms. The van der Waals surface area contributed by atoms with E-state index < -0.39 is 5.76 Å². The van der Waals surface area contributed by atoms with Gasteiger partial charge in [-0.15, -0.1) is 0 Å². The number of hydrogen-bond acceptors (Lipinski definition) is 5. The van der Waals surface area contributed by atoms with Gasteiger partial charge in [0.25, 0.3) is 5.89 Å². The molecule has 0 saturated carbocycles. The first kappa shape index (κ1) is 13.5. The van der Waals surface area contributed by atoms with Gasteiger partial charge in [-0.3, -0.25) is 4.57 Å². The van der Waals surface area contributed by atoms with Crippen LogP contribution < -0.4 is 5.76 Å². The Morgan fingerprint density at radius 3 is 2.70 bits per heavy atom. The normalized spacial score (nSPS) is 11.2. The first-order chi connectivity index (χ1) is 11.2. The summed E-state index contributed by atoms with van der Waals surface area (Å²) in [5.41, 5.74) is 3.25. The van der Waals surface area contributed by atoms with Crippen LogP contribution in [0.2, 0.25) is 0 Å². The lowest BCUT2D eigenvalue weighted by Crippen LogP contribution is -2.15. The molecule has 0 spiro atoms. The van der Waals surface area contributed by atoms with Crippen LogP contribution in [0, 0.1) is 6.92 Å². The highest BCUT2D eigenvalue weighted by Gasteiger charge is 2.13. The molecule has 4 rings (SSSR count). The van der Waals surface area contributed by atoms with E-state index in [1.54, 1.807) is 6.07 Å². The second kappa shape index (κ2) is 5.24. The number of para-hydroxylation sites is 2. The third-order valence-corrected chi connectivity index (χ3v) is 3.64. The molecule has 114 valence electrons. The van der Waals surface area contributed by atoms with E-state index in [1.165, 1.54) is 4.57 Å². The van der Waals surface area contributed by atoms with Crippen molar-refractivity contribution in [1.29, 1.82) is 0 Å². The Hall–Kier alpha value is -3.15. The topological polar surface area (TPSA) is 74.1 Å². The molecular weight excluding hydrogens is 294 g/mol. The first-order valence-electron chi connectivity index (χ1n) is 7.19. The lowest BCUT2D eigenvalue weighted by molar-refractivity contribution is 0.418. The van der Waals surface area contributed by atoms with Crippen molar-refractivity contribution < 1.29 is 8.94 Å². The van der Waals surface area contributed by atoms with E-state index in [0.29, 0.717) is 22.8 Å². The molecule has 0 atom stereocenters. The fourth-order valence-electron chi connectivity index (χ4n) is 2.44. The second-order valence-corrected chi connectivity index (χ2v) is 5.30. The zero-order valence-corrected chi connectivity index (χ0v) is 12.4. The standard InChI is InChI=1S/C17H13N3O3/c1-11-6-8-12(9-7-11)16-18-15(19-23-16)10-20-13-4-2-3-5-14(13)22-17(20)21/h2-9H,10H2,1H3. The smallest absolute Gasteiger partial charge is 0.408 e. The summed E-state index contributed by atoms with van der Waals surface area (Å²) in [5.74, 6) is 0.419. The summed E-state index contributed by atoms with van der Waals surface area (Å²) in [7, 11) is 0. The highest BCUT2D eigenvalue weighted by Crippen LogP contribution is 2.18. The molecule has 2 aromatic heterocycles. The number of benzene rings is 2. The molecule has 2 aromatic carbocycles. The van der Waals surface area contributed by atoms with Crippen molar-refractivity contribution in [2.75, 3.05) is 0 Å². The molecule has 0 aliphatic heterocycles. The van der Waals surface area contributed by atoms with Crippen LogP contribution in [0.3, 0.4) is 0 Å². The van der Waals surface area contributed by atoms with Gasteiger partial charge in [0.15, 0.2) is 11.4 Å². The molecule has 0 fully saturated rings. The average molecular weight is 307 g/mol. The molecule has 0 saturated heterocycles. The van der Waals surface area contributed by atoms with Crippen molar-refractivity contribution in [3.8, 4) is 11.5 Å². The van der Waals surface area contributed by atoms with E-state index in [4.69, 9.17) is 8.94 Å². The second-order valence-electron chi connectivity index (χ2n) is 5.30. The van der Waals surface area contributed by atoms with Crippen LogP contribution in [-0.2, 0) is 6.54 Å². The Morgan fingerprint density at radius 1 is 1.09 bits per heavy atom. The summed E-state index contributed by atoms with van der Waals surface area (Å²) >= 11 is 0. The maximum atomic E-state index is 12.0. The predicted octanol–water partition coefficient (Wildman–Crippen LogP) is 3.00. The molecule has 6 nitrogen and oxygen atoms in total. The lowest BCUT2D eigenvalue weighted by Gasteiger charge is -1.96. The number of rotatable bonds is 3. The van der Waals surface area contributed by atoms with Gasteiger partial charge in [0.1, 0.15) is 0 Å². The highest BCUT2D eigenvalue weighted by atomic mass is 16.5. The van der Waals surface area contributed by atoms with Gasteiger partial charge in [0.05, 0.1) is 12.1 Å². The monoisotopic (exact) mass is 307 g/mol. The molecule has 0 aliphatic carbocycles. The largest absolute Gasteiger partial charge is 0.420 e. The number of hydrogen-bond donors (Lipinski definition) is 0. The van der Waals surface area contributed by atoms with Gasteiger partial charge in [0.2, 0.25) is 0 Å². The highest BCUT2D eigenvalue weighted by molar-refractivity contribution is 5.72. The number of oxazole rings is 1.